The van der Waals surface area contributed by atoms with Crippen LogP contribution in [0, 0.1) is 0 Å². The van der Waals surface area contributed by atoms with Crippen molar-refractivity contribution in [3.05, 3.63) is 76.8 Å². The monoisotopic (exact) mass is 397 g/mol. The second-order valence-electron chi connectivity index (χ2n) is 5.77. The van der Waals surface area contributed by atoms with Crippen molar-refractivity contribution in [3.63, 3.8) is 0 Å². The van der Waals surface area contributed by atoms with Crippen molar-refractivity contribution in [2.75, 3.05) is 10.6 Å². The van der Waals surface area contributed by atoms with Gasteiger partial charge in [-0.05, 0) is 54.6 Å². The zero-order valence-electron chi connectivity index (χ0n) is 13.9. The summed E-state index contributed by atoms with van der Waals surface area (Å²) in [5.74, 6) is 0.531. The Hall–Kier alpha value is -3.02. The third-order valence-electron chi connectivity index (χ3n) is 3.86. The summed E-state index contributed by atoms with van der Waals surface area (Å²) in [6, 6.07) is 19.3. The van der Waals surface area contributed by atoms with E-state index >= 15 is 0 Å². The molecule has 0 saturated heterocycles. The molecule has 0 saturated carbocycles. The largest absolute Gasteiger partial charge is 0.436 e. The molecule has 2 amide bonds. The number of amides is 2. The number of hydrogen-bond donors (Lipinski definition) is 2. The number of benzene rings is 3. The summed E-state index contributed by atoms with van der Waals surface area (Å²) in [5, 5.41) is 6.25. The highest BCUT2D eigenvalue weighted by Crippen LogP contribution is 2.26. The minimum atomic E-state index is -0.386. The van der Waals surface area contributed by atoms with Gasteiger partial charge in [0.15, 0.2) is 5.58 Å². The highest BCUT2D eigenvalue weighted by atomic mass is 35.5. The number of carbonyl (C=O) groups excluding carboxylic acids is 1. The Bertz CT molecular complexity index is 1090. The lowest BCUT2D eigenvalue weighted by atomic mass is 10.2. The van der Waals surface area contributed by atoms with Crippen molar-refractivity contribution in [3.8, 4) is 11.5 Å². The molecule has 0 aliphatic heterocycles. The van der Waals surface area contributed by atoms with Gasteiger partial charge in [0.1, 0.15) is 5.52 Å². The molecule has 0 fully saturated rings. The summed E-state index contributed by atoms with van der Waals surface area (Å²) in [6.45, 7) is 0. The molecule has 0 unspecified atom stereocenters. The number of para-hydroxylation sites is 2. The number of fused-ring (bicyclic) bond motifs is 1. The minimum Gasteiger partial charge on any atom is -0.436 e. The predicted octanol–water partition coefficient (Wildman–Crippen LogP) is 6.45. The molecule has 0 aliphatic carbocycles. The molecule has 4 rings (SSSR count). The maximum atomic E-state index is 12.1. The van der Waals surface area contributed by atoms with E-state index in [1.807, 2.05) is 36.4 Å². The number of aromatic nitrogens is 1. The number of nitrogens with zero attached hydrogens (tertiary/aromatic N) is 1. The molecule has 27 heavy (non-hydrogen) atoms. The molecular formula is C20H13Cl2N3O2. The van der Waals surface area contributed by atoms with Gasteiger partial charge >= 0.3 is 6.03 Å². The fraction of sp³-hybridized carbons (Fsp3) is 0. The van der Waals surface area contributed by atoms with Crippen LogP contribution < -0.4 is 10.6 Å². The van der Waals surface area contributed by atoms with Gasteiger partial charge in [-0.1, -0.05) is 35.3 Å². The molecule has 4 aromatic rings. The number of urea groups is 1. The zero-order chi connectivity index (χ0) is 18.8. The summed E-state index contributed by atoms with van der Waals surface area (Å²) in [6.07, 6.45) is 0. The highest BCUT2D eigenvalue weighted by molar-refractivity contribution is 6.42. The molecule has 0 spiro atoms. The van der Waals surface area contributed by atoms with E-state index in [-0.39, 0.29) is 6.03 Å². The number of rotatable bonds is 3. The summed E-state index contributed by atoms with van der Waals surface area (Å²) in [5.41, 5.74) is 3.53. The second kappa shape index (κ2) is 7.31. The van der Waals surface area contributed by atoms with Crippen LogP contribution >= 0.6 is 23.2 Å². The summed E-state index contributed by atoms with van der Waals surface area (Å²) < 4.78 is 5.74. The van der Waals surface area contributed by atoms with E-state index in [0.717, 1.165) is 16.7 Å². The molecule has 0 aliphatic rings. The van der Waals surface area contributed by atoms with E-state index in [0.29, 0.717) is 27.3 Å². The van der Waals surface area contributed by atoms with Crippen molar-refractivity contribution in [1.29, 1.82) is 0 Å². The summed E-state index contributed by atoms with van der Waals surface area (Å²) >= 11 is 11.8. The maximum absolute atomic E-state index is 12.1. The van der Waals surface area contributed by atoms with Gasteiger partial charge in [-0.2, -0.15) is 0 Å². The summed E-state index contributed by atoms with van der Waals surface area (Å²) in [7, 11) is 0. The van der Waals surface area contributed by atoms with E-state index in [1.54, 1.807) is 30.3 Å². The van der Waals surface area contributed by atoms with E-state index in [9.17, 15) is 4.79 Å². The standard InChI is InChI=1S/C20H13Cl2N3O2/c21-15-10-9-14(11-16(15)22)24-20(26)23-13-7-5-12(6-8-13)19-25-17-3-1-2-4-18(17)27-19/h1-11H,(H2,23,24,26). The van der Waals surface area contributed by atoms with Gasteiger partial charge in [-0.25, -0.2) is 9.78 Å². The van der Waals surface area contributed by atoms with Crippen LogP contribution in [0.1, 0.15) is 0 Å². The van der Waals surface area contributed by atoms with Crippen LogP contribution in [-0.4, -0.2) is 11.0 Å². The lowest BCUT2D eigenvalue weighted by Crippen LogP contribution is -2.19. The fourth-order valence-corrected chi connectivity index (χ4v) is 2.86. The molecule has 3 aromatic carbocycles. The quantitative estimate of drug-likeness (QED) is 0.417. The Morgan fingerprint density at radius 1 is 0.852 bits per heavy atom. The zero-order valence-corrected chi connectivity index (χ0v) is 15.4. The van der Waals surface area contributed by atoms with Crippen LogP contribution in [0.3, 0.4) is 0 Å². The Kier molecular flexibility index (Phi) is 4.71. The number of carbonyl (C=O) groups is 1. The van der Waals surface area contributed by atoms with Crippen LogP contribution in [0.5, 0.6) is 0 Å². The molecule has 0 radical (unpaired) electrons. The Morgan fingerprint density at radius 3 is 2.30 bits per heavy atom. The first-order valence-electron chi connectivity index (χ1n) is 8.07. The van der Waals surface area contributed by atoms with E-state index in [2.05, 4.69) is 15.6 Å². The molecule has 0 bridgehead atoms. The molecule has 0 atom stereocenters. The van der Waals surface area contributed by atoms with Crippen LogP contribution in [0.15, 0.2) is 71.1 Å². The van der Waals surface area contributed by atoms with Gasteiger partial charge < -0.3 is 15.1 Å². The molecule has 2 N–H and O–H groups in total. The van der Waals surface area contributed by atoms with Gasteiger partial charge in [-0.15, -0.1) is 0 Å². The molecule has 1 heterocycles. The Labute approximate surface area is 164 Å². The topological polar surface area (TPSA) is 67.2 Å². The first-order chi connectivity index (χ1) is 13.1. The maximum Gasteiger partial charge on any atom is 0.323 e. The number of hydrogen-bond acceptors (Lipinski definition) is 3. The predicted molar refractivity (Wildman–Crippen MR) is 109 cm³/mol. The highest BCUT2D eigenvalue weighted by Gasteiger charge is 2.09. The van der Waals surface area contributed by atoms with E-state index in [4.69, 9.17) is 27.6 Å². The number of anilines is 2. The molecule has 1 aromatic heterocycles. The minimum absolute atomic E-state index is 0.372. The second-order valence-corrected chi connectivity index (χ2v) is 6.59. The van der Waals surface area contributed by atoms with Crippen molar-refractivity contribution in [2.24, 2.45) is 0 Å². The summed E-state index contributed by atoms with van der Waals surface area (Å²) in [4.78, 5) is 16.6. The van der Waals surface area contributed by atoms with Gasteiger partial charge in [0.2, 0.25) is 5.89 Å². The average molecular weight is 398 g/mol. The third kappa shape index (κ3) is 3.89. The first-order valence-corrected chi connectivity index (χ1v) is 8.83. The lowest BCUT2D eigenvalue weighted by Gasteiger charge is -2.08. The number of oxazole rings is 1. The van der Waals surface area contributed by atoms with Gasteiger partial charge in [0.05, 0.1) is 10.0 Å². The van der Waals surface area contributed by atoms with Gasteiger partial charge in [-0.3, -0.25) is 0 Å². The van der Waals surface area contributed by atoms with Crippen molar-refractivity contribution in [1.82, 2.24) is 4.98 Å². The average Bonchev–Trinajstić information content (AvgIpc) is 3.09. The van der Waals surface area contributed by atoms with E-state index < -0.39 is 0 Å². The lowest BCUT2D eigenvalue weighted by molar-refractivity contribution is 0.262. The SMILES string of the molecule is O=C(Nc1ccc(-c2nc3ccccc3o2)cc1)Nc1ccc(Cl)c(Cl)c1. The number of nitrogens with one attached hydrogen (secondary N) is 2. The Morgan fingerprint density at radius 2 is 1.56 bits per heavy atom. The van der Waals surface area contributed by atoms with Crippen molar-refractivity contribution >= 4 is 51.7 Å². The van der Waals surface area contributed by atoms with Crippen molar-refractivity contribution < 1.29 is 9.21 Å². The molecule has 7 heteroatoms. The van der Waals surface area contributed by atoms with Crippen molar-refractivity contribution in [2.45, 2.75) is 0 Å². The van der Waals surface area contributed by atoms with E-state index in [1.165, 1.54) is 0 Å². The molecule has 134 valence electrons. The molecule has 5 nitrogen and oxygen atoms in total. The van der Waals surface area contributed by atoms with Crippen LogP contribution in [-0.2, 0) is 0 Å². The van der Waals surface area contributed by atoms with Crippen LogP contribution in [0.2, 0.25) is 10.0 Å². The smallest absolute Gasteiger partial charge is 0.323 e. The first kappa shape index (κ1) is 17.4. The Balaban J connectivity index is 1.45. The van der Waals surface area contributed by atoms with Gasteiger partial charge in [0, 0.05) is 16.9 Å². The normalized spacial score (nSPS) is 10.7. The van der Waals surface area contributed by atoms with Gasteiger partial charge in [0.25, 0.3) is 0 Å². The third-order valence-corrected chi connectivity index (χ3v) is 4.60. The van der Waals surface area contributed by atoms with Crippen LogP contribution in [0.25, 0.3) is 22.6 Å². The fourth-order valence-electron chi connectivity index (χ4n) is 2.56. The molecular weight excluding hydrogens is 385 g/mol. The number of halogens is 2. The van der Waals surface area contributed by atoms with Crippen LogP contribution in [0.4, 0.5) is 16.2 Å².